The minimum Gasteiger partial charge on any atom is -0.456 e. The second-order valence-electron chi connectivity index (χ2n) is 11.0. The molecule has 0 N–H and O–H groups in total. The highest BCUT2D eigenvalue weighted by Crippen LogP contribution is 2.53. The van der Waals surface area contributed by atoms with Crippen LogP contribution in [0.2, 0.25) is 0 Å². The number of fused-ring (bicyclic) bond motifs is 7. The van der Waals surface area contributed by atoms with Gasteiger partial charge in [0.2, 0.25) is 0 Å². The first-order chi connectivity index (χ1) is 19.6. The lowest BCUT2D eigenvalue weighted by Gasteiger charge is -2.21. The summed E-state index contributed by atoms with van der Waals surface area (Å²) in [5.41, 5.74) is 11.7. The molecule has 1 aliphatic rings. The van der Waals surface area contributed by atoms with Crippen molar-refractivity contribution < 1.29 is 4.42 Å². The predicted molar refractivity (Wildman–Crippen MR) is 163 cm³/mol. The molecule has 5 aromatic carbocycles. The summed E-state index contributed by atoms with van der Waals surface area (Å²) >= 11 is 0. The Bertz CT molecular complexity index is 2010. The number of hydrogen-bond acceptors (Lipinski definition) is 3. The summed E-state index contributed by atoms with van der Waals surface area (Å²) in [6.45, 7) is 4.59. The van der Waals surface area contributed by atoms with Crippen molar-refractivity contribution in [1.82, 2.24) is 9.97 Å². The molecule has 0 amide bonds. The molecule has 40 heavy (non-hydrogen) atoms. The van der Waals surface area contributed by atoms with Crippen molar-refractivity contribution in [1.29, 1.82) is 0 Å². The number of benzene rings is 5. The van der Waals surface area contributed by atoms with Crippen molar-refractivity contribution >= 4 is 21.9 Å². The first-order valence-electron chi connectivity index (χ1n) is 13.7. The molecule has 7 aromatic rings. The minimum absolute atomic E-state index is 0.196. The van der Waals surface area contributed by atoms with Gasteiger partial charge in [0.05, 0.1) is 11.4 Å². The Morgan fingerprint density at radius 1 is 0.550 bits per heavy atom. The van der Waals surface area contributed by atoms with Gasteiger partial charge in [0.15, 0.2) is 5.82 Å². The zero-order chi connectivity index (χ0) is 26.8. The van der Waals surface area contributed by atoms with Gasteiger partial charge in [0.25, 0.3) is 0 Å². The molecule has 2 aromatic heterocycles. The summed E-state index contributed by atoms with van der Waals surface area (Å²) in [5.74, 6) is 0.721. The molecule has 8 rings (SSSR count). The van der Waals surface area contributed by atoms with Gasteiger partial charge >= 0.3 is 0 Å². The number of hydrogen-bond donors (Lipinski definition) is 0. The molecule has 1 aliphatic carbocycles. The van der Waals surface area contributed by atoms with Crippen LogP contribution in [0.15, 0.2) is 126 Å². The van der Waals surface area contributed by atoms with Gasteiger partial charge in [-0.05, 0) is 41.0 Å². The van der Waals surface area contributed by atoms with Crippen molar-refractivity contribution in [3.8, 4) is 45.0 Å². The first kappa shape index (κ1) is 22.9. The largest absolute Gasteiger partial charge is 0.456 e. The third-order valence-electron chi connectivity index (χ3n) is 8.28. The number of para-hydroxylation sites is 1. The van der Waals surface area contributed by atoms with E-state index in [9.17, 15) is 0 Å². The molecule has 190 valence electrons. The Kier molecular flexibility index (Phi) is 4.86. The fraction of sp³-hybridized carbons (Fsp3) is 0.0811. The summed E-state index contributed by atoms with van der Waals surface area (Å²) in [6, 6.07) is 42.2. The van der Waals surface area contributed by atoms with Gasteiger partial charge in [0, 0.05) is 38.4 Å². The van der Waals surface area contributed by atoms with Gasteiger partial charge < -0.3 is 4.42 Å². The van der Waals surface area contributed by atoms with E-state index in [4.69, 9.17) is 14.4 Å². The fourth-order valence-electron chi connectivity index (χ4n) is 6.31. The van der Waals surface area contributed by atoms with Crippen LogP contribution in [0.1, 0.15) is 25.0 Å². The Labute approximate surface area is 232 Å². The summed E-state index contributed by atoms with van der Waals surface area (Å²) in [7, 11) is 0. The Morgan fingerprint density at radius 2 is 1.20 bits per heavy atom. The molecule has 2 heterocycles. The predicted octanol–water partition coefficient (Wildman–Crippen LogP) is 9.68. The topological polar surface area (TPSA) is 38.9 Å². The third-order valence-corrected chi connectivity index (χ3v) is 8.28. The fourth-order valence-corrected chi connectivity index (χ4v) is 6.31. The van der Waals surface area contributed by atoms with Gasteiger partial charge in [-0.1, -0.05) is 111 Å². The Morgan fingerprint density at radius 3 is 1.90 bits per heavy atom. The van der Waals surface area contributed by atoms with Crippen LogP contribution in [-0.2, 0) is 5.41 Å². The number of aromatic nitrogens is 2. The average molecular weight is 515 g/mol. The lowest BCUT2D eigenvalue weighted by molar-refractivity contribution is 0.620. The molecule has 3 heteroatoms. The zero-order valence-corrected chi connectivity index (χ0v) is 22.3. The van der Waals surface area contributed by atoms with Crippen molar-refractivity contribution in [2.45, 2.75) is 19.3 Å². The van der Waals surface area contributed by atoms with Crippen LogP contribution in [0.3, 0.4) is 0 Å². The monoisotopic (exact) mass is 514 g/mol. The maximum absolute atomic E-state index is 6.48. The number of nitrogens with zero attached hydrogens (tertiary/aromatic N) is 2. The van der Waals surface area contributed by atoms with Crippen LogP contribution in [0.4, 0.5) is 0 Å². The first-order valence-corrected chi connectivity index (χ1v) is 13.7. The molecule has 0 atom stereocenters. The van der Waals surface area contributed by atoms with Crippen LogP contribution < -0.4 is 0 Å². The van der Waals surface area contributed by atoms with E-state index in [0.717, 1.165) is 50.5 Å². The van der Waals surface area contributed by atoms with Crippen LogP contribution in [-0.4, -0.2) is 9.97 Å². The number of rotatable bonds is 3. The van der Waals surface area contributed by atoms with E-state index in [2.05, 4.69) is 92.7 Å². The molecule has 3 nitrogen and oxygen atoms in total. The average Bonchev–Trinajstić information content (AvgIpc) is 3.50. The van der Waals surface area contributed by atoms with E-state index in [1.165, 1.54) is 27.6 Å². The molecule has 0 bridgehead atoms. The third kappa shape index (κ3) is 3.37. The van der Waals surface area contributed by atoms with Gasteiger partial charge in [0.1, 0.15) is 11.2 Å². The maximum Gasteiger partial charge on any atom is 0.160 e. The van der Waals surface area contributed by atoms with Crippen LogP contribution in [0.5, 0.6) is 0 Å². The number of furan rings is 1. The highest BCUT2D eigenvalue weighted by molar-refractivity contribution is 6.09. The van der Waals surface area contributed by atoms with Gasteiger partial charge in [-0.15, -0.1) is 0 Å². The normalized spacial score (nSPS) is 13.4. The quantitative estimate of drug-likeness (QED) is 0.236. The highest BCUT2D eigenvalue weighted by Gasteiger charge is 2.38. The molecule has 0 saturated carbocycles. The minimum atomic E-state index is -0.196. The lowest BCUT2D eigenvalue weighted by atomic mass is 9.81. The molecule has 0 unspecified atom stereocenters. The van der Waals surface area contributed by atoms with Crippen molar-refractivity contribution in [2.24, 2.45) is 0 Å². The summed E-state index contributed by atoms with van der Waals surface area (Å²) in [4.78, 5) is 10.1. The van der Waals surface area contributed by atoms with E-state index in [0.29, 0.717) is 0 Å². The molecule has 0 radical (unpaired) electrons. The zero-order valence-electron chi connectivity index (χ0n) is 22.3. The van der Waals surface area contributed by atoms with Crippen molar-refractivity contribution in [3.05, 3.63) is 132 Å². The second-order valence-corrected chi connectivity index (χ2v) is 11.0. The molecule has 0 aliphatic heterocycles. The van der Waals surface area contributed by atoms with E-state index in [1.54, 1.807) is 0 Å². The van der Waals surface area contributed by atoms with E-state index < -0.39 is 0 Å². The SMILES string of the molecule is CC1(C)c2ccc(-c3nc(-c4ccccc4)cc(-c4ccccc4)n3)cc2-c2ccc3c(oc4ccccc43)c21. The molecular weight excluding hydrogens is 488 g/mol. The Hall–Kier alpha value is -5.02. The highest BCUT2D eigenvalue weighted by atomic mass is 16.3. The summed E-state index contributed by atoms with van der Waals surface area (Å²) in [5, 5.41) is 2.33. The Balaban J connectivity index is 1.33. The molecule has 0 spiro atoms. The van der Waals surface area contributed by atoms with Gasteiger partial charge in [-0.2, -0.15) is 0 Å². The van der Waals surface area contributed by atoms with Gasteiger partial charge in [-0.3, -0.25) is 0 Å². The molecule has 0 saturated heterocycles. The second kappa shape index (κ2) is 8.49. The molecular formula is C37H26N2O. The maximum atomic E-state index is 6.48. The van der Waals surface area contributed by atoms with E-state index in [-0.39, 0.29) is 5.41 Å². The van der Waals surface area contributed by atoms with E-state index in [1.807, 2.05) is 42.5 Å². The standard InChI is InChI=1S/C37H26N2O/c1-37(2)30-20-17-25(21-29(30)27-18-19-28-26-15-9-10-16-33(26)40-35(28)34(27)37)36-38-31(23-11-5-3-6-12-23)22-32(39-36)24-13-7-4-8-14-24/h3-22H,1-2H3. The molecule has 0 fully saturated rings. The van der Waals surface area contributed by atoms with Crippen LogP contribution in [0, 0.1) is 0 Å². The lowest BCUT2D eigenvalue weighted by Crippen LogP contribution is -2.15. The summed E-state index contributed by atoms with van der Waals surface area (Å²) in [6.07, 6.45) is 0. The van der Waals surface area contributed by atoms with Crippen molar-refractivity contribution in [2.75, 3.05) is 0 Å². The van der Waals surface area contributed by atoms with Crippen LogP contribution in [0.25, 0.3) is 67.0 Å². The van der Waals surface area contributed by atoms with E-state index >= 15 is 0 Å². The smallest absolute Gasteiger partial charge is 0.160 e. The van der Waals surface area contributed by atoms with Gasteiger partial charge in [-0.25, -0.2) is 9.97 Å². The van der Waals surface area contributed by atoms with Crippen molar-refractivity contribution in [3.63, 3.8) is 0 Å². The summed E-state index contributed by atoms with van der Waals surface area (Å²) < 4.78 is 6.48. The van der Waals surface area contributed by atoms with Crippen LogP contribution >= 0.6 is 0 Å².